The third-order valence-electron chi connectivity index (χ3n) is 2.67. The Morgan fingerprint density at radius 2 is 1.16 bits per heavy atom. The maximum atomic E-state index is 7.63. The molecule has 3 N–H and O–H groups in total. The average molecular weight is 440 g/mol. The van der Waals surface area contributed by atoms with Crippen LogP contribution in [0, 0.1) is 5.41 Å². The highest BCUT2D eigenvalue weighted by molar-refractivity contribution is 6.42. The number of nitrogens with zero attached hydrogens (tertiary/aromatic N) is 2. The molecule has 5 nitrogen and oxygen atoms in total. The van der Waals surface area contributed by atoms with Gasteiger partial charge in [0, 0.05) is 0 Å². The standard InChI is InChI=1S/C15H11Cl4N5.ClH/c16-11-3-1-9(5-13(11)18)7-21-23-15(20)24-22-8-10-2-4-12(17)14(19)6-10;/h1-8H,(H3,20,23,24);1H. The van der Waals surface area contributed by atoms with Crippen LogP contribution in [0.5, 0.6) is 0 Å². The van der Waals surface area contributed by atoms with Crippen LogP contribution in [-0.2, 0) is 0 Å². The summed E-state index contributed by atoms with van der Waals surface area (Å²) in [5, 5.41) is 17.2. The van der Waals surface area contributed by atoms with Gasteiger partial charge in [0.15, 0.2) is 0 Å². The molecule has 0 aliphatic carbocycles. The number of hydrogen-bond donors (Lipinski definition) is 3. The quantitative estimate of drug-likeness (QED) is 0.348. The summed E-state index contributed by atoms with van der Waals surface area (Å²) in [6.45, 7) is 0. The third-order valence-corrected chi connectivity index (χ3v) is 4.15. The number of hydrazone groups is 2. The molecule has 0 bridgehead atoms. The second-order valence-electron chi connectivity index (χ2n) is 4.46. The first kappa shape index (κ1) is 21.5. The fourth-order valence-corrected chi connectivity index (χ4v) is 2.17. The summed E-state index contributed by atoms with van der Waals surface area (Å²) in [5.74, 6) is -0.109. The molecule has 0 atom stereocenters. The smallest absolute Gasteiger partial charge is 0.230 e. The molecule has 0 radical (unpaired) electrons. The minimum absolute atomic E-state index is 0. The Balaban J connectivity index is 0.00000312. The van der Waals surface area contributed by atoms with E-state index >= 15 is 0 Å². The fourth-order valence-electron chi connectivity index (χ4n) is 1.55. The van der Waals surface area contributed by atoms with Crippen molar-refractivity contribution in [3.8, 4) is 0 Å². The first-order chi connectivity index (χ1) is 11.5. The van der Waals surface area contributed by atoms with Crippen molar-refractivity contribution in [2.75, 3.05) is 0 Å². The van der Waals surface area contributed by atoms with Crippen LogP contribution < -0.4 is 10.9 Å². The van der Waals surface area contributed by atoms with Gasteiger partial charge in [-0.25, -0.2) is 10.9 Å². The van der Waals surface area contributed by atoms with Gasteiger partial charge in [-0.3, -0.25) is 5.41 Å². The zero-order chi connectivity index (χ0) is 17.5. The number of benzene rings is 2. The van der Waals surface area contributed by atoms with Crippen molar-refractivity contribution >= 4 is 77.2 Å². The summed E-state index contributed by atoms with van der Waals surface area (Å²) in [7, 11) is 0. The topological polar surface area (TPSA) is 72.6 Å². The summed E-state index contributed by atoms with van der Waals surface area (Å²) in [4.78, 5) is 0. The van der Waals surface area contributed by atoms with Gasteiger partial charge < -0.3 is 0 Å². The van der Waals surface area contributed by atoms with Crippen molar-refractivity contribution in [2.45, 2.75) is 0 Å². The van der Waals surface area contributed by atoms with Crippen LogP contribution in [0.2, 0.25) is 20.1 Å². The lowest BCUT2D eigenvalue weighted by molar-refractivity contribution is 0.893. The second-order valence-corrected chi connectivity index (χ2v) is 6.09. The van der Waals surface area contributed by atoms with Crippen LogP contribution in [0.3, 0.4) is 0 Å². The van der Waals surface area contributed by atoms with E-state index in [9.17, 15) is 0 Å². The summed E-state index contributed by atoms with van der Waals surface area (Å²) < 4.78 is 0. The molecular weight excluding hydrogens is 427 g/mol. The van der Waals surface area contributed by atoms with E-state index in [0.29, 0.717) is 20.1 Å². The minimum Gasteiger partial charge on any atom is -0.266 e. The van der Waals surface area contributed by atoms with Crippen LogP contribution in [0.15, 0.2) is 46.6 Å². The summed E-state index contributed by atoms with van der Waals surface area (Å²) in [6.07, 6.45) is 3.00. The van der Waals surface area contributed by atoms with E-state index in [0.717, 1.165) is 11.1 Å². The highest BCUT2D eigenvalue weighted by Gasteiger charge is 1.98. The van der Waals surface area contributed by atoms with Gasteiger partial charge in [-0.2, -0.15) is 10.2 Å². The highest BCUT2D eigenvalue weighted by atomic mass is 35.5. The molecule has 132 valence electrons. The van der Waals surface area contributed by atoms with Crippen molar-refractivity contribution in [3.05, 3.63) is 67.6 Å². The van der Waals surface area contributed by atoms with E-state index in [-0.39, 0.29) is 18.4 Å². The first-order valence-corrected chi connectivity index (χ1v) is 8.03. The molecule has 25 heavy (non-hydrogen) atoms. The Kier molecular flexibility index (Phi) is 9.03. The first-order valence-electron chi connectivity index (χ1n) is 6.52. The molecule has 0 saturated heterocycles. The van der Waals surface area contributed by atoms with Gasteiger partial charge in [0.1, 0.15) is 0 Å². The predicted octanol–water partition coefficient (Wildman–Crippen LogP) is 5.20. The number of rotatable bonds is 4. The normalized spacial score (nSPS) is 10.7. The van der Waals surface area contributed by atoms with Crippen LogP contribution in [0.1, 0.15) is 11.1 Å². The van der Waals surface area contributed by atoms with Crippen molar-refractivity contribution in [1.29, 1.82) is 5.41 Å². The monoisotopic (exact) mass is 437 g/mol. The predicted molar refractivity (Wildman–Crippen MR) is 109 cm³/mol. The zero-order valence-electron chi connectivity index (χ0n) is 12.4. The molecule has 0 spiro atoms. The SMILES string of the molecule is Cl.N=C(NN=Cc1ccc(Cl)c(Cl)c1)NN=Cc1ccc(Cl)c(Cl)c1. The van der Waals surface area contributed by atoms with E-state index in [4.69, 9.17) is 51.8 Å². The Labute approximate surface area is 170 Å². The largest absolute Gasteiger partial charge is 0.266 e. The highest BCUT2D eigenvalue weighted by Crippen LogP contribution is 2.22. The lowest BCUT2D eigenvalue weighted by atomic mass is 10.2. The molecule has 0 saturated carbocycles. The summed E-state index contributed by atoms with van der Waals surface area (Å²) in [5.41, 5.74) is 6.43. The molecule has 0 amide bonds. The van der Waals surface area contributed by atoms with E-state index < -0.39 is 0 Å². The van der Waals surface area contributed by atoms with Crippen molar-refractivity contribution in [2.24, 2.45) is 10.2 Å². The van der Waals surface area contributed by atoms with Gasteiger partial charge in [-0.15, -0.1) is 12.4 Å². The van der Waals surface area contributed by atoms with Crippen molar-refractivity contribution in [3.63, 3.8) is 0 Å². The molecule has 0 aliphatic heterocycles. The van der Waals surface area contributed by atoms with E-state index in [1.165, 1.54) is 12.4 Å². The lowest BCUT2D eigenvalue weighted by Gasteiger charge is -2.02. The van der Waals surface area contributed by atoms with Crippen molar-refractivity contribution < 1.29 is 0 Å². The maximum absolute atomic E-state index is 7.63. The zero-order valence-corrected chi connectivity index (χ0v) is 16.3. The Hall–Kier alpha value is -1.50. The van der Waals surface area contributed by atoms with Gasteiger partial charge in [-0.1, -0.05) is 58.5 Å². The second kappa shape index (κ2) is 10.5. The molecule has 2 rings (SSSR count). The molecule has 0 unspecified atom stereocenters. The molecule has 10 heteroatoms. The minimum atomic E-state index is -0.109. The average Bonchev–Trinajstić information content (AvgIpc) is 2.54. The fraction of sp³-hybridized carbons (Fsp3) is 0. The molecule has 0 aliphatic rings. The lowest BCUT2D eigenvalue weighted by Crippen LogP contribution is -2.29. The van der Waals surface area contributed by atoms with Crippen LogP contribution in [0.4, 0.5) is 0 Å². The van der Waals surface area contributed by atoms with Gasteiger partial charge in [0.25, 0.3) is 0 Å². The van der Waals surface area contributed by atoms with Gasteiger partial charge in [0.2, 0.25) is 5.96 Å². The molecule has 0 heterocycles. The van der Waals surface area contributed by atoms with Gasteiger partial charge >= 0.3 is 0 Å². The summed E-state index contributed by atoms with van der Waals surface area (Å²) in [6, 6.07) is 10.1. The van der Waals surface area contributed by atoms with Crippen LogP contribution >= 0.6 is 58.8 Å². The molecule has 2 aromatic carbocycles. The Morgan fingerprint density at radius 1 is 0.760 bits per heavy atom. The van der Waals surface area contributed by atoms with Crippen molar-refractivity contribution in [1.82, 2.24) is 10.9 Å². The molecule has 2 aromatic rings. The van der Waals surface area contributed by atoms with Gasteiger partial charge in [0.05, 0.1) is 32.5 Å². The maximum Gasteiger partial charge on any atom is 0.230 e. The summed E-state index contributed by atoms with van der Waals surface area (Å²) >= 11 is 23.4. The van der Waals surface area contributed by atoms with E-state index in [2.05, 4.69) is 21.1 Å². The van der Waals surface area contributed by atoms with Crippen LogP contribution in [0.25, 0.3) is 0 Å². The number of halogens is 5. The number of hydrogen-bond acceptors (Lipinski definition) is 3. The van der Waals surface area contributed by atoms with E-state index in [1.54, 1.807) is 36.4 Å². The number of guanidine groups is 1. The molecule has 0 aromatic heterocycles. The van der Waals surface area contributed by atoms with Crippen LogP contribution in [-0.4, -0.2) is 18.4 Å². The van der Waals surface area contributed by atoms with E-state index in [1.807, 2.05) is 0 Å². The number of nitrogens with one attached hydrogen (secondary N) is 3. The molecule has 0 fully saturated rings. The Bertz CT molecular complexity index is 741. The van der Waals surface area contributed by atoms with Gasteiger partial charge in [-0.05, 0) is 35.4 Å². The third kappa shape index (κ3) is 7.10. The Morgan fingerprint density at radius 3 is 1.52 bits per heavy atom. The molecular formula is C15H12Cl5N5.